The standard InChI is InChI=1S/C14H20FNO/c1-9-8-11(15)4-5-12(9)14(16-3)13-6-7-17-10(13)2/h4-5,8,10,13-14,16H,6-7H2,1-3H3. The molecule has 1 aromatic carbocycles. The molecule has 1 aliphatic heterocycles. The van der Waals surface area contributed by atoms with Crippen LogP contribution in [0.4, 0.5) is 4.39 Å². The second kappa shape index (κ2) is 5.15. The molecule has 2 rings (SSSR count). The van der Waals surface area contributed by atoms with Gasteiger partial charge >= 0.3 is 0 Å². The predicted octanol–water partition coefficient (Wildman–Crippen LogP) is 2.82. The van der Waals surface area contributed by atoms with Crippen molar-refractivity contribution in [3.05, 3.63) is 35.1 Å². The van der Waals surface area contributed by atoms with Crippen molar-refractivity contribution in [2.45, 2.75) is 32.4 Å². The maximum absolute atomic E-state index is 13.1. The molecule has 0 amide bonds. The van der Waals surface area contributed by atoms with Gasteiger partial charge in [-0.3, -0.25) is 0 Å². The summed E-state index contributed by atoms with van der Waals surface area (Å²) in [5.74, 6) is 0.293. The van der Waals surface area contributed by atoms with Crippen LogP contribution in [0.15, 0.2) is 18.2 Å². The number of nitrogens with one attached hydrogen (secondary N) is 1. The Bertz CT molecular complexity index is 394. The van der Waals surface area contributed by atoms with E-state index in [1.807, 2.05) is 20.0 Å². The first-order valence-corrected chi connectivity index (χ1v) is 6.18. The van der Waals surface area contributed by atoms with E-state index >= 15 is 0 Å². The third-order valence-electron chi connectivity index (χ3n) is 3.74. The molecule has 0 aliphatic carbocycles. The largest absolute Gasteiger partial charge is 0.378 e. The number of ether oxygens (including phenoxy) is 1. The van der Waals surface area contributed by atoms with Gasteiger partial charge in [0.2, 0.25) is 0 Å². The third-order valence-corrected chi connectivity index (χ3v) is 3.74. The third kappa shape index (κ3) is 2.50. The van der Waals surface area contributed by atoms with Gasteiger partial charge in [-0.2, -0.15) is 0 Å². The van der Waals surface area contributed by atoms with Crippen LogP contribution in [-0.2, 0) is 4.74 Å². The van der Waals surface area contributed by atoms with Crippen LogP contribution in [0.25, 0.3) is 0 Å². The van der Waals surface area contributed by atoms with Crippen LogP contribution in [0.5, 0.6) is 0 Å². The summed E-state index contributed by atoms with van der Waals surface area (Å²) in [6.07, 6.45) is 1.32. The molecule has 3 heteroatoms. The van der Waals surface area contributed by atoms with Gasteiger partial charge in [0.25, 0.3) is 0 Å². The SMILES string of the molecule is CNC(c1ccc(F)cc1C)C1CCOC1C. The van der Waals surface area contributed by atoms with Crippen LogP contribution >= 0.6 is 0 Å². The van der Waals surface area contributed by atoms with Gasteiger partial charge in [0.1, 0.15) is 5.82 Å². The Morgan fingerprint density at radius 2 is 2.24 bits per heavy atom. The van der Waals surface area contributed by atoms with Crippen molar-refractivity contribution >= 4 is 0 Å². The predicted molar refractivity (Wildman–Crippen MR) is 66.5 cm³/mol. The molecule has 0 radical (unpaired) electrons. The topological polar surface area (TPSA) is 21.3 Å². The fraction of sp³-hybridized carbons (Fsp3) is 0.571. The minimum absolute atomic E-state index is 0.170. The first-order valence-electron chi connectivity index (χ1n) is 6.18. The lowest BCUT2D eigenvalue weighted by Gasteiger charge is -2.27. The van der Waals surface area contributed by atoms with Crippen LogP contribution in [-0.4, -0.2) is 19.8 Å². The molecule has 1 heterocycles. The molecule has 3 atom stereocenters. The first-order chi connectivity index (χ1) is 8.13. The van der Waals surface area contributed by atoms with E-state index in [-0.39, 0.29) is 18.0 Å². The summed E-state index contributed by atoms with van der Waals surface area (Å²) in [6.45, 7) is 4.90. The van der Waals surface area contributed by atoms with Gasteiger partial charge in [-0.15, -0.1) is 0 Å². The second-order valence-corrected chi connectivity index (χ2v) is 4.80. The molecule has 0 aromatic heterocycles. The van der Waals surface area contributed by atoms with E-state index in [0.717, 1.165) is 18.6 Å². The Kier molecular flexibility index (Phi) is 3.79. The van der Waals surface area contributed by atoms with E-state index < -0.39 is 0 Å². The Morgan fingerprint density at radius 3 is 2.76 bits per heavy atom. The number of hydrogen-bond donors (Lipinski definition) is 1. The molecular weight excluding hydrogens is 217 g/mol. The van der Waals surface area contributed by atoms with Crippen molar-refractivity contribution in [1.29, 1.82) is 0 Å². The van der Waals surface area contributed by atoms with Crippen molar-refractivity contribution in [1.82, 2.24) is 5.32 Å². The quantitative estimate of drug-likeness (QED) is 0.872. The molecule has 1 aliphatic rings. The molecule has 3 unspecified atom stereocenters. The Labute approximate surface area is 102 Å². The summed E-state index contributed by atoms with van der Waals surface area (Å²) < 4.78 is 18.7. The molecule has 1 fully saturated rings. The fourth-order valence-corrected chi connectivity index (χ4v) is 2.77. The van der Waals surface area contributed by atoms with Gasteiger partial charge in [-0.05, 0) is 50.6 Å². The lowest BCUT2D eigenvalue weighted by atomic mass is 9.86. The molecule has 0 spiro atoms. The summed E-state index contributed by atoms with van der Waals surface area (Å²) in [6, 6.07) is 5.26. The van der Waals surface area contributed by atoms with E-state index in [2.05, 4.69) is 12.2 Å². The van der Waals surface area contributed by atoms with Crippen LogP contribution in [0, 0.1) is 18.7 Å². The van der Waals surface area contributed by atoms with Crippen LogP contribution in [0.1, 0.15) is 30.5 Å². The Morgan fingerprint density at radius 1 is 1.47 bits per heavy atom. The molecule has 17 heavy (non-hydrogen) atoms. The van der Waals surface area contributed by atoms with Crippen molar-refractivity contribution in [3.8, 4) is 0 Å². The average molecular weight is 237 g/mol. The maximum atomic E-state index is 13.1. The Hall–Kier alpha value is -0.930. The normalized spacial score (nSPS) is 26.1. The number of benzene rings is 1. The zero-order valence-electron chi connectivity index (χ0n) is 10.7. The zero-order valence-corrected chi connectivity index (χ0v) is 10.7. The van der Waals surface area contributed by atoms with Gasteiger partial charge in [0, 0.05) is 18.6 Å². The highest BCUT2D eigenvalue weighted by molar-refractivity contribution is 5.30. The molecule has 0 saturated carbocycles. The van der Waals surface area contributed by atoms with Gasteiger partial charge in [-0.1, -0.05) is 6.07 Å². The highest BCUT2D eigenvalue weighted by Gasteiger charge is 2.32. The van der Waals surface area contributed by atoms with Gasteiger partial charge in [-0.25, -0.2) is 4.39 Å². The van der Waals surface area contributed by atoms with Crippen LogP contribution in [0.3, 0.4) is 0 Å². The molecule has 0 bridgehead atoms. The first kappa shape index (κ1) is 12.5. The fourth-order valence-electron chi connectivity index (χ4n) is 2.77. The summed E-state index contributed by atoms with van der Waals surface area (Å²) in [4.78, 5) is 0. The minimum Gasteiger partial charge on any atom is -0.378 e. The van der Waals surface area contributed by atoms with E-state index in [0.29, 0.717) is 5.92 Å². The zero-order chi connectivity index (χ0) is 12.4. The second-order valence-electron chi connectivity index (χ2n) is 4.80. The summed E-state index contributed by atoms with van der Waals surface area (Å²) in [7, 11) is 1.96. The number of hydrogen-bond acceptors (Lipinski definition) is 2. The highest BCUT2D eigenvalue weighted by Crippen LogP contribution is 2.34. The molecule has 2 nitrogen and oxygen atoms in total. The van der Waals surface area contributed by atoms with Crippen molar-refractivity contribution in [2.75, 3.05) is 13.7 Å². The molecular formula is C14H20FNO. The average Bonchev–Trinajstić information content (AvgIpc) is 2.69. The van der Waals surface area contributed by atoms with Crippen molar-refractivity contribution < 1.29 is 9.13 Å². The summed E-state index contributed by atoms with van der Waals surface area (Å²) >= 11 is 0. The van der Waals surface area contributed by atoms with Crippen LogP contribution in [0.2, 0.25) is 0 Å². The molecule has 1 saturated heterocycles. The Balaban J connectivity index is 2.28. The molecule has 1 aromatic rings. The van der Waals surface area contributed by atoms with E-state index in [1.165, 1.54) is 11.6 Å². The number of rotatable bonds is 3. The summed E-state index contributed by atoms with van der Waals surface area (Å²) in [5.41, 5.74) is 2.18. The minimum atomic E-state index is -0.170. The monoisotopic (exact) mass is 237 g/mol. The van der Waals surface area contributed by atoms with Crippen molar-refractivity contribution in [2.24, 2.45) is 5.92 Å². The highest BCUT2D eigenvalue weighted by atomic mass is 19.1. The lowest BCUT2D eigenvalue weighted by molar-refractivity contribution is 0.0962. The van der Waals surface area contributed by atoms with Gasteiger partial charge < -0.3 is 10.1 Å². The van der Waals surface area contributed by atoms with E-state index in [1.54, 1.807) is 6.07 Å². The molecule has 1 N–H and O–H groups in total. The van der Waals surface area contributed by atoms with E-state index in [4.69, 9.17) is 4.74 Å². The number of aryl methyl sites for hydroxylation is 1. The van der Waals surface area contributed by atoms with Gasteiger partial charge in [0.15, 0.2) is 0 Å². The lowest BCUT2D eigenvalue weighted by Crippen LogP contribution is -2.30. The number of halogens is 1. The van der Waals surface area contributed by atoms with Crippen molar-refractivity contribution in [3.63, 3.8) is 0 Å². The smallest absolute Gasteiger partial charge is 0.123 e. The van der Waals surface area contributed by atoms with Crippen LogP contribution < -0.4 is 5.32 Å². The maximum Gasteiger partial charge on any atom is 0.123 e. The van der Waals surface area contributed by atoms with Gasteiger partial charge in [0.05, 0.1) is 6.10 Å². The summed E-state index contributed by atoms with van der Waals surface area (Å²) in [5, 5.41) is 3.35. The molecule has 94 valence electrons. The van der Waals surface area contributed by atoms with E-state index in [9.17, 15) is 4.39 Å².